The molecule has 0 spiro atoms. The Morgan fingerprint density at radius 3 is 2.90 bits per heavy atom. The van der Waals surface area contributed by atoms with Crippen molar-refractivity contribution < 1.29 is 9.59 Å². The van der Waals surface area contributed by atoms with Crippen molar-refractivity contribution in [1.29, 1.82) is 0 Å². The van der Waals surface area contributed by atoms with Crippen LogP contribution in [0.15, 0.2) is 42.5 Å². The molecule has 0 radical (unpaired) electrons. The van der Waals surface area contributed by atoms with Crippen molar-refractivity contribution in [2.45, 2.75) is 44.3 Å². The molecule has 1 aliphatic heterocycles. The highest BCUT2D eigenvalue weighted by atomic mass is 35.5. The van der Waals surface area contributed by atoms with Gasteiger partial charge >= 0.3 is 0 Å². The maximum Gasteiger partial charge on any atom is 0.242 e. The highest BCUT2D eigenvalue weighted by Crippen LogP contribution is 2.30. The zero-order chi connectivity index (χ0) is 22.0. The number of carbonyl (C=O) groups excluding carboxylic acids is 2. The number of aromatic nitrogens is 1. The summed E-state index contributed by atoms with van der Waals surface area (Å²) in [6.07, 6.45) is 4.25. The van der Waals surface area contributed by atoms with E-state index in [0.29, 0.717) is 17.4 Å². The number of carbonyl (C=O) groups is 2. The molecule has 2 aromatic rings. The van der Waals surface area contributed by atoms with Crippen LogP contribution in [0.3, 0.4) is 0 Å². The molecule has 0 fully saturated rings. The number of anilines is 1. The summed E-state index contributed by atoms with van der Waals surface area (Å²) in [6.45, 7) is 2.36. The Kier molecular flexibility index (Phi) is 6.25. The van der Waals surface area contributed by atoms with Crippen molar-refractivity contribution in [2.24, 2.45) is 0 Å². The minimum absolute atomic E-state index is 0.114. The number of benzene rings is 1. The van der Waals surface area contributed by atoms with Gasteiger partial charge in [-0.05, 0) is 61.1 Å². The molecule has 0 saturated carbocycles. The largest absolute Gasteiger partial charge is 0.384 e. The Morgan fingerprint density at radius 1 is 1.26 bits per heavy atom. The molecule has 31 heavy (non-hydrogen) atoms. The first-order valence-electron chi connectivity index (χ1n) is 10.5. The summed E-state index contributed by atoms with van der Waals surface area (Å²) in [5.41, 5.74) is 9.72. The van der Waals surface area contributed by atoms with Crippen molar-refractivity contribution in [1.82, 2.24) is 20.9 Å². The SMILES string of the molecule is CC(NC(=O)[C@H]1C=C(c2cccc(Cl)c2)CCN1)C(=O)N[C@@H]1CCc2nc(N)ccc21. The summed E-state index contributed by atoms with van der Waals surface area (Å²) < 4.78 is 0. The van der Waals surface area contributed by atoms with E-state index in [-0.39, 0.29) is 17.9 Å². The second kappa shape index (κ2) is 9.08. The van der Waals surface area contributed by atoms with Crippen LogP contribution < -0.4 is 21.7 Å². The van der Waals surface area contributed by atoms with Gasteiger partial charge in [0.15, 0.2) is 0 Å². The van der Waals surface area contributed by atoms with Gasteiger partial charge in [0, 0.05) is 17.3 Å². The molecular formula is C23H26ClN5O2. The number of fused-ring (bicyclic) bond motifs is 1. The third-order valence-electron chi connectivity index (χ3n) is 5.75. The number of nitrogen functional groups attached to an aromatic ring is 1. The molecule has 1 aromatic carbocycles. The van der Waals surface area contributed by atoms with Gasteiger partial charge in [0.1, 0.15) is 17.9 Å². The van der Waals surface area contributed by atoms with Gasteiger partial charge in [0.25, 0.3) is 0 Å². The summed E-state index contributed by atoms with van der Waals surface area (Å²) in [6, 6.07) is 9.97. The highest BCUT2D eigenvalue weighted by molar-refractivity contribution is 6.30. The summed E-state index contributed by atoms with van der Waals surface area (Å²) in [7, 11) is 0. The fourth-order valence-corrected chi connectivity index (χ4v) is 4.29. The number of nitrogens with one attached hydrogen (secondary N) is 3. The first kappa shape index (κ1) is 21.3. The Balaban J connectivity index is 1.37. The van der Waals surface area contributed by atoms with Crippen LogP contribution in [0, 0.1) is 0 Å². The average molecular weight is 440 g/mol. The topological polar surface area (TPSA) is 109 Å². The highest BCUT2D eigenvalue weighted by Gasteiger charge is 2.28. The zero-order valence-corrected chi connectivity index (χ0v) is 18.1. The summed E-state index contributed by atoms with van der Waals surface area (Å²) in [5, 5.41) is 9.70. The second-order valence-electron chi connectivity index (χ2n) is 7.99. The fraction of sp³-hybridized carbons (Fsp3) is 0.348. The molecule has 1 unspecified atom stereocenters. The first-order chi connectivity index (χ1) is 14.9. The number of rotatable bonds is 5. The lowest BCUT2D eigenvalue weighted by Gasteiger charge is -2.25. The lowest BCUT2D eigenvalue weighted by atomic mass is 9.97. The quantitative estimate of drug-likeness (QED) is 0.572. The van der Waals surface area contributed by atoms with Crippen LogP contribution in [0.2, 0.25) is 5.02 Å². The average Bonchev–Trinajstić information content (AvgIpc) is 3.15. The van der Waals surface area contributed by atoms with Gasteiger partial charge < -0.3 is 21.7 Å². The first-order valence-corrected chi connectivity index (χ1v) is 10.8. The molecule has 1 aliphatic carbocycles. The molecular weight excluding hydrogens is 414 g/mol. The maximum atomic E-state index is 12.8. The lowest BCUT2D eigenvalue weighted by molar-refractivity contribution is -0.129. The van der Waals surface area contributed by atoms with Gasteiger partial charge in [-0.25, -0.2) is 4.98 Å². The molecule has 2 heterocycles. The van der Waals surface area contributed by atoms with E-state index in [1.54, 1.807) is 13.0 Å². The number of hydrogen-bond donors (Lipinski definition) is 4. The van der Waals surface area contributed by atoms with Crippen molar-refractivity contribution in [3.63, 3.8) is 0 Å². The summed E-state index contributed by atoms with van der Waals surface area (Å²) in [5.74, 6) is 0.0255. The van der Waals surface area contributed by atoms with Crippen LogP contribution in [-0.4, -0.2) is 35.4 Å². The molecule has 0 bridgehead atoms. The van der Waals surface area contributed by atoms with Crippen LogP contribution in [0.5, 0.6) is 0 Å². The molecule has 162 valence electrons. The molecule has 1 aromatic heterocycles. The molecule has 5 N–H and O–H groups in total. The Labute approximate surface area is 186 Å². The number of halogens is 1. The second-order valence-corrected chi connectivity index (χ2v) is 8.42. The predicted octanol–water partition coefficient (Wildman–Crippen LogP) is 2.37. The molecule has 2 amide bonds. The number of nitrogens with two attached hydrogens (primary N) is 1. The van der Waals surface area contributed by atoms with Crippen LogP contribution in [-0.2, 0) is 16.0 Å². The van der Waals surface area contributed by atoms with E-state index in [1.165, 1.54) is 0 Å². The third-order valence-corrected chi connectivity index (χ3v) is 5.98. The van der Waals surface area contributed by atoms with E-state index in [2.05, 4.69) is 20.9 Å². The molecule has 0 saturated heterocycles. The minimum atomic E-state index is -0.662. The van der Waals surface area contributed by atoms with Crippen LogP contribution in [0.4, 0.5) is 5.82 Å². The van der Waals surface area contributed by atoms with Gasteiger partial charge in [0.05, 0.1) is 6.04 Å². The number of amides is 2. The van der Waals surface area contributed by atoms with E-state index < -0.39 is 12.1 Å². The van der Waals surface area contributed by atoms with Gasteiger partial charge in [-0.1, -0.05) is 35.9 Å². The molecule has 7 nitrogen and oxygen atoms in total. The maximum absolute atomic E-state index is 12.8. The van der Waals surface area contributed by atoms with E-state index in [1.807, 2.05) is 36.4 Å². The monoisotopic (exact) mass is 439 g/mol. The molecule has 2 aliphatic rings. The lowest BCUT2D eigenvalue weighted by Crippen LogP contribution is -2.52. The van der Waals surface area contributed by atoms with E-state index >= 15 is 0 Å². The Bertz CT molecular complexity index is 1040. The van der Waals surface area contributed by atoms with Crippen molar-refractivity contribution in [3.8, 4) is 0 Å². The van der Waals surface area contributed by atoms with E-state index in [9.17, 15) is 9.59 Å². The Hall–Kier alpha value is -2.90. The van der Waals surface area contributed by atoms with Crippen LogP contribution in [0.25, 0.3) is 5.57 Å². The van der Waals surface area contributed by atoms with Gasteiger partial charge in [-0.2, -0.15) is 0 Å². The van der Waals surface area contributed by atoms with Crippen molar-refractivity contribution in [3.05, 3.63) is 64.3 Å². The fourth-order valence-electron chi connectivity index (χ4n) is 4.10. The third kappa shape index (κ3) is 4.89. The number of pyridine rings is 1. The summed E-state index contributed by atoms with van der Waals surface area (Å²) in [4.78, 5) is 29.8. The van der Waals surface area contributed by atoms with E-state index in [4.69, 9.17) is 17.3 Å². The normalized spacial score (nSPS) is 21.0. The summed E-state index contributed by atoms with van der Waals surface area (Å²) >= 11 is 6.10. The van der Waals surface area contributed by atoms with Gasteiger partial charge in [-0.15, -0.1) is 0 Å². The van der Waals surface area contributed by atoms with Crippen molar-refractivity contribution in [2.75, 3.05) is 12.3 Å². The smallest absolute Gasteiger partial charge is 0.242 e. The van der Waals surface area contributed by atoms with Gasteiger partial charge in [0.2, 0.25) is 11.8 Å². The Morgan fingerprint density at radius 2 is 2.10 bits per heavy atom. The number of hydrogen-bond acceptors (Lipinski definition) is 5. The molecule has 8 heteroatoms. The zero-order valence-electron chi connectivity index (χ0n) is 17.3. The number of nitrogens with zero attached hydrogens (tertiary/aromatic N) is 1. The van der Waals surface area contributed by atoms with Crippen LogP contribution in [0.1, 0.15) is 42.6 Å². The van der Waals surface area contributed by atoms with E-state index in [0.717, 1.165) is 41.7 Å². The number of aryl methyl sites for hydroxylation is 1. The van der Waals surface area contributed by atoms with Gasteiger partial charge in [-0.3, -0.25) is 9.59 Å². The van der Waals surface area contributed by atoms with Crippen LogP contribution >= 0.6 is 11.6 Å². The van der Waals surface area contributed by atoms with Crippen molar-refractivity contribution >= 4 is 34.8 Å². The molecule has 4 rings (SSSR count). The molecule has 3 atom stereocenters. The minimum Gasteiger partial charge on any atom is -0.384 e. The standard InChI is InChI=1S/C23H26ClN5O2/c1-13(22(30)29-19-7-6-18-17(19)5-8-21(25)28-18)27-23(31)20-12-15(9-10-26-20)14-3-2-4-16(24)11-14/h2-5,8,11-13,19-20,26H,6-7,9-10H2,1H3,(H2,25,28)(H,27,31)(H,29,30)/t13?,19-,20-/m1/s1. The predicted molar refractivity (Wildman–Crippen MR) is 121 cm³/mol.